The third-order valence-electron chi connectivity index (χ3n) is 5.95. The lowest BCUT2D eigenvalue weighted by molar-refractivity contribution is -0.165. The molecule has 17 nitrogen and oxygen atoms in total. The minimum atomic E-state index is -4.42. The molecule has 4 heterocycles. The number of aliphatic hydroxyl groups is 2. The zero-order valence-electron chi connectivity index (χ0n) is 21.4. The summed E-state index contributed by atoms with van der Waals surface area (Å²) in [5.41, 5.74) is 3.25. The minimum Gasteiger partial charge on any atom is -0.479 e. The van der Waals surface area contributed by atoms with Crippen molar-refractivity contribution in [2.24, 2.45) is 5.92 Å². The molecule has 0 aliphatic carbocycles. The Morgan fingerprint density at radius 3 is 2.15 bits per heavy atom. The Labute approximate surface area is 228 Å². The predicted molar refractivity (Wildman–Crippen MR) is 134 cm³/mol. The van der Waals surface area contributed by atoms with Gasteiger partial charge < -0.3 is 57.5 Å². The van der Waals surface area contributed by atoms with Crippen LogP contribution < -0.4 is 5.32 Å². The van der Waals surface area contributed by atoms with Gasteiger partial charge >= 0.3 is 24.1 Å². The van der Waals surface area contributed by atoms with Gasteiger partial charge in [0.25, 0.3) is 0 Å². The normalized spacial score (nSPS) is 17.5. The van der Waals surface area contributed by atoms with Gasteiger partial charge in [-0.3, -0.25) is 4.40 Å². The zero-order valence-corrected chi connectivity index (χ0v) is 21.4. The highest BCUT2D eigenvalue weighted by molar-refractivity contribution is 5.83. The number of fused-ring (bicyclic) bond motifs is 3. The number of aromatic amines is 1. The summed E-state index contributed by atoms with van der Waals surface area (Å²) in [5, 5.41) is 34.5. The van der Waals surface area contributed by atoms with Crippen molar-refractivity contribution in [2.45, 2.75) is 37.6 Å². The minimum absolute atomic E-state index is 0. The molecule has 41 heavy (non-hydrogen) atoms. The number of likely N-dealkylation sites (tertiary alicyclic amines) is 1. The molecule has 1 saturated heterocycles. The van der Waals surface area contributed by atoms with E-state index in [1.165, 1.54) is 4.90 Å². The maximum absolute atomic E-state index is 12.4. The van der Waals surface area contributed by atoms with Crippen LogP contribution in [0.2, 0.25) is 0 Å². The van der Waals surface area contributed by atoms with Gasteiger partial charge in [-0.25, -0.2) is 24.4 Å². The van der Waals surface area contributed by atoms with Crippen molar-refractivity contribution >= 4 is 34.8 Å². The molecule has 234 valence electrons. The molecule has 3 aromatic heterocycles. The number of nitrogens with one attached hydrogen (secondary N) is 2. The van der Waals surface area contributed by atoms with E-state index in [0.29, 0.717) is 18.7 Å². The van der Waals surface area contributed by atoms with Crippen LogP contribution in [-0.2, 0) is 9.59 Å². The fourth-order valence-corrected chi connectivity index (χ4v) is 4.10. The number of nitrogens with zero attached hydrogens (tertiary/aromatic N) is 4. The van der Waals surface area contributed by atoms with Crippen LogP contribution in [0.4, 0.5) is 18.0 Å². The molecule has 0 bridgehead atoms. The summed E-state index contributed by atoms with van der Waals surface area (Å²) < 4.78 is 39.2. The maximum Gasteiger partial charge on any atom is 0.405 e. The van der Waals surface area contributed by atoms with Crippen LogP contribution in [-0.4, -0.2) is 123 Å². The molecule has 1 aliphatic rings. The van der Waals surface area contributed by atoms with Gasteiger partial charge in [0.15, 0.2) is 23.5 Å². The number of carbonyl (C=O) groups excluding carboxylic acids is 1. The predicted octanol–water partition coefficient (Wildman–Crippen LogP) is -2.51. The van der Waals surface area contributed by atoms with Crippen LogP contribution in [0, 0.1) is 5.92 Å². The average Bonchev–Trinajstić information content (AvgIpc) is 3.57. The van der Waals surface area contributed by atoms with Crippen LogP contribution in [0.1, 0.15) is 25.0 Å². The summed E-state index contributed by atoms with van der Waals surface area (Å²) in [7, 11) is 0. The van der Waals surface area contributed by atoms with Crippen molar-refractivity contribution < 1.29 is 69.9 Å². The number of hydrogen-bond donors (Lipinski definition) is 6. The van der Waals surface area contributed by atoms with Crippen LogP contribution >= 0.6 is 0 Å². The highest BCUT2D eigenvalue weighted by Crippen LogP contribution is 2.36. The Balaban J connectivity index is 0. The average molecular weight is 603 g/mol. The summed E-state index contributed by atoms with van der Waals surface area (Å²) in [6.45, 7) is 1.46. The van der Waals surface area contributed by atoms with Gasteiger partial charge in [-0.2, -0.15) is 13.2 Å². The van der Waals surface area contributed by atoms with Gasteiger partial charge in [0, 0.05) is 37.1 Å². The van der Waals surface area contributed by atoms with Gasteiger partial charge in [0.05, 0.1) is 11.7 Å². The van der Waals surface area contributed by atoms with E-state index in [9.17, 15) is 27.6 Å². The molecule has 1 aliphatic heterocycles. The number of H-pyrrole nitrogens is 1. The number of aliphatic hydroxyl groups excluding tert-OH is 2. The molecule has 14 N–H and O–H groups in total. The first kappa shape index (κ1) is 39.1. The Hall–Kier alpha value is -4.08. The van der Waals surface area contributed by atoms with Crippen molar-refractivity contribution in [2.75, 3.05) is 19.6 Å². The summed E-state index contributed by atoms with van der Waals surface area (Å²) in [4.78, 5) is 45.0. The molecule has 0 radical (unpaired) electrons. The number of aromatic nitrogens is 4. The highest BCUT2D eigenvalue weighted by Gasteiger charge is 2.38. The van der Waals surface area contributed by atoms with Gasteiger partial charge in [0.2, 0.25) is 0 Å². The van der Waals surface area contributed by atoms with Crippen LogP contribution in [0.3, 0.4) is 0 Å². The van der Waals surface area contributed by atoms with Crippen LogP contribution in [0.15, 0.2) is 24.7 Å². The third kappa shape index (κ3) is 8.96. The quantitative estimate of drug-likeness (QED) is 0.173. The first-order valence-electron chi connectivity index (χ1n) is 11.0. The summed E-state index contributed by atoms with van der Waals surface area (Å²) >= 11 is 0. The SMILES string of the molecule is CC[C@@H]1CN(C(=O)NCC(F)(F)F)C[C@@H]1c1cnc2cnc3[nH]ccc3n12.O.O.O.O.O=C(O)[C@H](O)[C@@H](O)C(=O)O. The second-order valence-corrected chi connectivity index (χ2v) is 8.37. The van der Waals surface area contributed by atoms with E-state index < -0.39 is 42.9 Å². The number of carboxylic acid groups (broad SMARTS) is 2. The Bertz CT molecular complexity index is 1270. The number of amides is 2. The molecule has 0 aromatic carbocycles. The second-order valence-electron chi connectivity index (χ2n) is 8.37. The lowest BCUT2D eigenvalue weighted by Crippen LogP contribution is -2.42. The smallest absolute Gasteiger partial charge is 0.405 e. The molecule has 20 heteroatoms. The van der Waals surface area contributed by atoms with E-state index >= 15 is 0 Å². The van der Waals surface area contributed by atoms with Crippen molar-refractivity contribution in [3.05, 3.63) is 30.4 Å². The van der Waals surface area contributed by atoms with Crippen molar-refractivity contribution in [3.63, 3.8) is 0 Å². The fraction of sp³-hybridized carbons (Fsp3) is 0.476. The number of halogens is 3. The lowest BCUT2D eigenvalue weighted by atomic mass is 9.91. The molecular formula is C21H33F3N6O11. The largest absolute Gasteiger partial charge is 0.479 e. The molecule has 2 amide bonds. The maximum atomic E-state index is 12.4. The number of urea groups is 1. The first-order valence-corrected chi connectivity index (χ1v) is 11.0. The number of hydrogen-bond acceptors (Lipinski definition) is 7. The molecule has 4 atom stereocenters. The number of aliphatic carboxylic acids is 2. The monoisotopic (exact) mass is 602 g/mol. The number of rotatable bonds is 6. The van der Waals surface area contributed by atoms with E-state index in [1.54, 1.807) is 18.6 Å². The summed E-state index contributed by atoms with van der Waals surface area (Å²) in [6.07, 6.45) is -2.91. The fourth-order valence-electron chi connectivity index (χ4n) is 4.10. The van der Waals surface area contributed by atoms with Gasteiger partial charge in [-0.15, -0.1) is 0 Å². The number of carboxylic acids is 2. The zero-order chi connectivity index (χ0) is 27.5. The van der Waals surface area contributed by atoms with Gasteiger partial charge in [0.1, 0.15) is 6.54 Å². The molecule has 4 rings (SSSR count). The van der Waals surface area contributed by atoms with E-state index in [-0.39, 0.29) is 33.7 Å². The van der Waals surface area contributed by atoms with Crippen molar-refractivity contribution in [1.29, 1.82) is 0 Å². The standard InChI is InChI=1S/C17H19F3N6O.C4H6O6.4H2O/c1-2-10-7-25(16(27)24-9-17(18,19)20)8-11(10)13-5-22-14-6-23-15-12(26(13)14)3-4-21-15;5-1(3(7)8)2(6)4(9)10;;;;/h3-6,10-11,21H,2,7-9H2,1H3,(H,24,27);1-2,5-6H,(H,7,8)(H,9,10);4*1H2/t10-,11+;1-,2-;;;;/m11..../s1. The van der Waals surface area contributed by atoms with E-state index in [1.807, 2.05) is 22.7 Å². The van der Waals surface area contributed by atoms with Gasteiger partial charge in [-0.1, -0.05) is 13.3 Å². The molecule has 1 fully saturated rings. The molecular weight excluding hydrogens is 569 g/mol. The molecule has 0 spiro atoms. The topological polar surface area (TPSA) is 319 Å². The number of alkyl halides is 3. The van der Waals surface area contributed by atoms with E-state index in [4.69, 9.17) is 20.4 Å². The van der Waals surface area contributed by atoms with Crippen molar-refractivity contribution in [3.8, 4) is 0 Å². The first-order chi connectivity index (χ1) is 17.3. The van der Waals surface area contributed by atoms with Crippen LogP contribution in [0.5, 0.6) is 0 Å². The van der Waals surface area contributed by atoms with Crippen molar-refractivity contribution in [1.82, 2.24) is 29.6 Å². The third-order valence-corrected chi connectivity index (χ3v) is 5.95. The second kappa shape index (κ2) is 15.6. The van der Waals surface area contributed by atoms with Crippen LogP contribution in [0.25, 0.3) is 16.8 Å². The van der Waals surface area contributed by atoms with E-state index in [2.05, 4.69) is 15.0 Å². The highest BCUT2D eigenvalue weighted by atomic mass is 19.4. The molecule has 0 saturated carbocycles. The number of imidazole rings is 1. The Morgan fingerprint density at radius 1 is 1.05 bits per heavy atom. The molecule has 3 aromatic rings. The lowest BCUT2D eigenvalue weighted by Gasteiger charge is -2.18. The summed E-state index contributed by atoms with van der Waals surface area (Å²) in [6, 6.07) is 1.22. The van der Waals surface area contributed by atoms with E-state index in [0.717, 1.165) is 23.3 Å². The Kier molecular flexibility index (Phi) is 14.9. The Morgan fingerprint density at radius 2 is 1.63 bits per heavy atom. The van der Waals surface area contributed by atoms with Gasteiger partial charge in [-0.05, 0) is 12.0 Å². The number of carbonyl (C=O) groups is 3. The summed E-state index contributed by atoms with van der Waals surface area (Å²) in [5.74, 6) is -3.41. The molecule has 0 unspecified atom stereocenters.